The molecule has 3 aromatic rings. The average molecular weight is 402 g/mol. The summed E-state index contributed by atoms with van der Waals surface area (Å²) in [6.07, 6.45) is 4.11. The summed E-state index contributed by atoms with van der Waals surface area (Å²) in [7, 11) is 0. The van der Waals surface area contributed by atoms with E-state index in [1.807, 2.05) is 18.2 Å². The molecule has 0 radical (unpaired) electrons. The van der Waals surface area contributed by atoms with Crippen molar-refractivity contribution >= 4 is 23.0 Å². The van der Waals surface area contributed by atoms with Gasteiger partial charge >= 0.3 is 0 Å². The van der Waals surface area contributed by atoms with E-state index in [4.69, 9.17) is 0 Å². The minimum Gasteiger partial charge on any atom is -0.375 e. The minimum atomic E-state index is -0.466. The minimum absolute atomic E-state index is 0.120. The Morgan fingerprint density at radius 3 is 2.53 bits per heavy atom. The molecule has 0 atom stereocenters. The van der Waals surface area contributed by atoms with Gasteiger partial charge in [0, 0.05) is 43.0 Å². The summed E-state index contributed by atoms with van der Waals surface area (Å²) in [6, 6.07) is 17.2. The number of benzene rings is 2. The SMILES string of the molecule is O=C(c1ccccc1)c1ccc(NCc2ccnc(N3CCCC3)c2)c([N+](=O)[O-])c1. The van der Waals surface area contributed by atoms with E-state index in [-0.39, 0.29) is 11.5 Å². The van der Waals surface area contributed by atoms with Crippen LogP contribution in [-0.4, -0.2) is 28.8 Å². The number of anilines is 2. The third kappa shape index (κ3) is 4.30. The molecule has 0 bridgehead atoms. The van der Waals surface area contributed by atoms with Crippen molar-refractivity contribution in [2.24, 2.45) is 0 Å². The number of nitrogens with one attached hydrogen (secondary N) is 1. The highest BCUT2D eigenvalue weighted by molar-refractivity contribution is 6.09. The lowest BCUT2D eigenvalue weighted by molar-refractivity contribution is -0.384. The lowest BCUT2D eigenvalue weighted by atomic mass is 10.0. The van der Waals surface area contributed by atoms with Gasteiger partial charge in [-0.1, -0.05) is 30.3 Å². The summed E-state index contributed by atoms with van der Waals surface area (Å²) in [5, 5.41) is 14.7. The molecule has 0 aliphatic carbocycles. The maximum Gasteiger partial charge on any atom is 0.293 e. The van der Waals surface area contributed by atoms with Crippen LogP contribution in [0.2, 0.25) is 0 Å². The van der Waals surface area contributed by atoms with Crippen molar-refractivity contribution in [1.82, 2.24) is 4.98 Å². The number of nitro groups is 1. The van der Waals surface area contributed by atoms with Crippen LogP contribution >= 0.6 is 0 Å². The molecule has 1 N–H and O–H groups in total. The molecule has 7 heteroatoms. The smallest absolute Gasteiger partial charge is 0.293 e. The molecular weight excluding hydrogens is 380 g/mol. The monoisotopic (exact) mass is 402 g/mol. The number of pyridine rings is 1. The van der Waals surface area contributed by atoms with Gasteiger partial charge < -0.3 is 10.2 Å². The number of aromatic nitrogens is 1. The predicted octanol–water partition coefficient (Wildman–Crippen LogP) is 4.43. The van der Waals surface area contributed by atoms with E-state index < -0.39 is 4.92 Å². The molecule has 2 aromatic carbocycles. The third-order valence-electron chi connectivity index (χ3n) is 5.22. The van der Waals surface area contributed by atoms with Crippen molar-refractivity contribution in [3.8, 4) is 0 Å². The summed E-state index contributed by atoms with van der Waals surface area (Å²) in [4.78, 5) is 30.4. The molecule has 4 rings (SSSR count). The summed E-state index contributed by atoms with van der Waals surface area (Å²) < 4.78 is 0. The Hall–Kier alpha value is -3.74. The van der Waals surface area contributed by atoms with Crippen LogP contribution in [0.3, 0.4) is 0 Å². The first kappa shape index (κ1) is 19.6. The zero-order chi connectivity index (χ0) is 20.9. The standard InChI is InChI=1S/C23H22N4O3/c28-23(18-6-2-1-3-7-18)19-8-9-20(21(15-19)27(29)30)25-16-17-10-11-24-22(14-17)26-12-4-5-13-26/h1-3,6-11,14-15,25H,4-5,12-13,16H2. The number of rotatable bonds is 7. The normalized spacial score (nSPS) is 13.3. The highest BCUT2D eigenvalue weighted by Crippen LogP contribution is 2.28. The number of carbonyl (C=O) groups is 1. The molecule has 0 unspecified atom stereocenters. The zero-order valence-electron chi connectivity index (χ0n) is 16.5. The first-order valence-electron chi connectivity index (χ1n) is 9.94. The van der Waals surface area contributed by atoms with Crippen LogP contribution in [0.5, 0.6) is 0 Å². The van der Waals surface area contributed by atoms with E-state index in [0.29, 0.717) is 23.4 Å². The molecule has 2 heterocycles. The summed E-state index contributed by atoms with van der Waals surface area (Å²) in [5.41, 5.74) is 2.04. The quantitative estimate of drug-likeness (QED) is 0.357. The van der Waals surface area contributed by atoms with Gasteiger partial charge in [-0.15, -0.1) is 0 Å². The van der Waals surface area contributed by atoms with Gasteiger partial charge in [-0.05, 0) is 42.7 Å². The van der Waals surface area contributed by atoms with Crippen LogP contribution in [0.15, 0.2) is 66.9 Å². The van der Waals surface area contributed by atoms with E-state index in [2.05, 4.69) is 15.2 Å². The number of nitro benzene ring substituents is 1. The Kier molecular flexibility index (Phi) is 5.70. The fourth-order valence-corrected chi connectivity index (χ4v) is 3.62. The van der Waals surface area contributed by atoms with Crippen molar-refractivity contribution < 1.29 is 9.72 Å². The molecule has 1 fully saturated rings. The summed E-state index contributed by atoms with van der Waals surface area (Å²) >= 11 is 0. The Morgan fingerprint density at radius 1 is 1.03 bits per heavy atom. The Bertz CT molecular complexity index is 1060. The maximum absolute atomic E-state index is 12.6. The molecule has 152 valence electrons. The molecule has 0 saturated carbocycles. The molecular formula is C23H22N4O3. The van der Waals surface area contributed by atoms with Gasteiger partial charge in [0.15, 0.2) is 5.78 Å². The van der Waals surface area contributed by atoms with Crippen molar-refractivity contribution in [2.75, 3.05) is 23.3 Å². The number of hydrogen-bond acceptors (Lipinski definition) is 6. The van der Waals surface area contributed by atoms with E-state index >= 15 is 0 Å². The molecule has 1 saturated heterocycles. The van der Waals surface area contributed by atoms with Crippen LogP contribution in [0.1, 0.15) is 34.3 Å². The lowest BCUT2D eigenvalue weighted by Crippen LogP contribution is -2.19. The van der Waals surface area contributed by atoms with Gasteiger partial charge in [0.05, 0.1) is 4.92 Å². The van der Waals surface area contributed by atoms with Crippen LogP contribution < -0.4 is 10.2 Å². The fraction of sp³-hybridized carbons (Fsp3) is 0.217. The predicted molar refractivity (Wildman–Crippen MR) is 116 cm³/mol. The Morgan fingerprint density at radius 2 is 1.80 bits per heavy atom. The van der Waals surface area contributed by atoms with Gasteiger partial charge in [0.2, 0.25) is 0 Å². The number of ketones is 1. The molecule has 0 amide bonds. The highest BCUT2D eigenvalue weighted by atomic mass is 16.6. The first-order chi connectivity index (χ1) is 14.6. The summed E-state index contributed by atoms with van der Waals surface area (Å²) in [5.74, 6) is 0.694. The first-order valence-corrected chi connectivity index (χ1v) is 9.94. The van der Waals surface area contributed by atoms with Crippen LogP contribution in [0.25, 0.3) is 0 Å². The van der Waals surface area contributed by atoms with Crippen LogP contribution in [-0.2, 0) is 6.54 Å². The fourth-order valence-electron chi connectivity index (χ4n) is 3.62. The average Bonchev–Trinajstić information content (AvgIpc) is 3.33. The van der Waals surface area contributed by atoms with Crippen molar-refractivity contribution in [3.05, 3.63) is 93.7 Å². The number of nitrogens with zero attached hydrogens (tertiary/aromatic N) is 3. The Balaban J connectivity index is 1.52. The topological polar surface area (TPSA) is 88.4 Å². The van der Waals surface area contributed by atoms with E-state index in [1.165, 1.54) is 18.9 Å². The molecule has 1 aliphatic heterocycles. The zero-order valence-corrected chi connectivity index (χ0v) is 16.5. The van der Waals surface area contributed by atoms with Gasteiger partial charge in [-0.2, -0.15) is 0 Å². The molecule has 0 spiro atoms. The third-order valence-corrected chi connectivity index (χ3v) is 5.22. The van der Waals surface area contributed by atoms with E-state index in [1.54, 1.807) is 42.6 Å². The van der Waals surface area contributed by atoms with Gasteiger partial charge in [-0.3, -0.25) is 14.9 Å². The van der Waals surface area contributed by atoms with Crippen molar-refractivity contribution in [1.29, 1.82) is 0 Å². The largest absolute Gasteiger partial charge is 0.375 e. The second-order valence-corrected chi connectivity index (χ2v) is 7.25. The second-order valence-electron chi connectivity index (χ2n) is 7.25. The maximum atomic E-state index is 12.6. The summed E-state index contributed by atoms with van der Waals surface area (Å²) in [6.45, 7) is 2.44. The van der Waals surface area contributed by atoms with Crippen LogP contribution in [0.4, 0.5) is 17.2 Å². The molecule has 1 aromatic heterocycles. The lowest BCUT2D eigenvalue weighted by Gasteiger charge is -2.17. The van der Waals surface area contributed by atoms with Crippen molar-refractivity contribution in [3.63, 3.8) is 0 Å². The molecule has 30 heavy (non-hydrogen) atoms. The van der Waals surface area contributed by atoms with Crippen molar-refractivity contribution in [2.45, 2.75) is 19.4 Å². The van der Waals surface area contributed by atoms with Gasteiger partial charge in [-0.25, -0.2) is 4.98 Å². The van der Waals surface area contributed by atoms with Gasteiger partial charge in [0.1, 0.15) is 11.5 Å². The second kappa shape index (κ2) is 8.73. The number of hydrogen-bond donors (Lipinski definition) is 1. The van der Waals surface area contributed by atoms with Crippen LogP contribution in [0, 0.1) is 10.1 Å². The molecule has 1 aliphatic rings. The Labute approximate surface area is 174 Å². The van der Waals surface area contributed by atoms with E-state index in [0.717, 1.165) is 24.5 Å². The van der Waals surface area contributed by atoms with Gasteiger partial charge in [0.25, 0.3) is 5.69 Å². The van der Waals surface area contributed by atoms with E-state index in [9.17, 15) is 14.9 Å². The highest BCUT2D eigenvalue weighted by Gasteiger charge is 2.19. The molecule has 7 nitrogen and oxygen atoms in total. The number of carbonyl (C=O) groups excluding carboxylic acids is 1.